The third-order valence-corrected chi connectivity index (χ3v) is 4.04. The molecule has 0 radical (unpaired) electrons. The van der Waals surface area contributed by atoms with E-state index in [0.717, 1.165) is 0 Å². The zero-order valence-electron chi connectivity index (χ0n) is 6.34. The van der Waals surface area contributed by atoms with Gasteiger partial charge in [-0.05, 0) is 0 Å². The van der Waals surface area contributed by atoms with Crippen LogP contribution in [0.1, 0.15) is 0 Å². The van der Waals surface area contributed by atoms with Crippen molar-refractivity contribution in [3.05, 3.63) is 34.4 Å². The molecule has 0 atom stereocenters. The van der Waals surface area contributed by atoms with Gasteiger partial charge in [-0.25, -0.2) is 0 Å². The van der Waals surface area contributed by atoms with Gasteiger partial charge in [-0.2, -0.15) is 0 Å². The molecule has 0 aliphatic rings. The minimum atomic E-state index is -0.435. The molecule has 0 bridgehead atoms. The monoisotopic (exact) mass is 260 g/mol. The van der Waals surface area contributed by atoms with Gasteiger partial charge in [0.2, 0.25) is 0 Å². The van der Waals surface area contributed by atoms with Crippen LogP contribution in [0.4, 0.5) is 5.69 Å². The number of nitro groups is 1. The Kier molecular flexibility index (Phi) is 3.77. The molecule has 0 heterocycles. The average Bonchev–Trinajstić information content (AvgIpc) is 2.15. The van der Waals surface area contributed by atoms with Gasteiger partial charge in [0.15, 0.2) is 0 Å². The summed E-state index contributed by atoms with van der Waals surface area (Å²) in [5, 5.41) is 18.8. The molecule has 0 amide bonds. The number of para-hydroxylation sites is 1. The van der Waals surface area contributed by atoms with Crippen LogP contribution in [0, 0.1) is 20.3 Å². The van der Waals surface area contributed by atoms with Crippen molar-refractivity contribution in [3.8, 4) is 4.97 Å². The standard InChI is InChI=1S/C7H4N2O2SSe/c8-5-13-12-7-4-2-1-3-6(7)9(10)11/h1-4H. The predicted molar refractivity (Wildman–Crippen MR) is 50.3 cm³/mol. The van der Waals surface area contributed by atoms with Gasteiger partial charge in [0.25, 0.3) is 0 Å². The van der Waals surface area contributed by atoms with Crippen molar-refractivity contribution in [2.24, 2.45) is 0 Å². The van der Waals surface area contributed by atoms with Gasteiger partial charge < -0.3 is 0 Å². The van der Waals surface area contributed by atoms with Crippen molar-refractivity contribution in [1.29, 1.82) is 5.26 Å². The van der Waals surface area contributed by atoms with Crippen molar-refractivity contribution in [2.75, 3.05) is 0 Å². The molecule has 0 spiro atoms. The summed E-state index contributed by atoms with van der Waals surface area (Å²) in [6.45, 7) is 0. The fourth-order valence-electron chi connectivity index (χ4n) is 0.742. The van der Waals surface area contributed by atoms with Crippen LogP contribution < -0.4 is 0 Å². The molecule has 66 valence electrons. The molecule has 1 aromatic carbocycles. The van der Waals surface area contributed by atoms with E-state index >= 15 is 0 Å². The second kappa shape index (κ2) is 4.87. The molecule has 0 aliphatic heterocycles. The van der Waals surface area contributed by atoms with E-state index in [1.54, 1.807) is 18.2 Å². The van der Waals surface area contributed by atoms with Gasteiger partial charge >= 0.3 is 84.1 Å². The summed E-state index contributed by atoms with van der Waals surface area (Å²) in [5.74, 6) is 0. The summed E-state index contributed by atoms with van der Waals surface area (Å²) in [5.41, 5.74) is 0.0737. The average molecular weight is 259 g/mol. The minimum absolute atomic E-state index is 0.0737. The topological polar surface area (TPSA) is 66.9 Å². The summed E-state index contributed by atoms with van der Waals surface area (Å²) in [4.78, 5) is 12.6. The van der Waals surface area contributed by atoms with Crippen LogP contribution in [0.25, 0.3) is 0 Å². The Bertz CT molecular complexity index is 364. The van der Waals surface area contributed by atoms with Crippen molar-refractivity contribution < 1.29 is 4.92 Å². The molecule has 0 aromatic heterocycles. The number of hydrogen-bond acceptors (Lipinski definition) is 4. The van der Waals surface area contributed by atoms with E-state index in [1.165, 1.54) is 16.2 Å². The van der Waals surface area contributed by atoms with E-state index in [9.17, 15) is 10.1 Å². The normalized spacial score (nSPS) is 9.15. The third kappa shape index (κ3) is 2.74. The van der Waals surface area contributed by atoms with Crippen LogP contribution in [0.15, 0.2) is 29.2 Å². The SMILES string of the molecule is N#C[Se]Sc1ccccc1[N+](=O)[O-]. The molecular weight excluding hydrogens is 255 g/mol. The Morgan fingerprint density at radius 3 is 2.85 bits per heavy atom. The van der Waals surface area contributed by atoms with Crippen molar-refractivity contribution in [1.82, 2.24) is 0 Å². The number of nitro benzene ring substituents is 1. The molecule has 1 rings (SSSR count). The fraction of sp³-hybridized carbons (Fsp3) is 0. The first-order valence-corrected chi connectivity index (χ1v) is 6.91. The van der Waals surface area contributed by atoms with Crippen molar-refractivity contribution >= 4 is 29.7 Å². The Balaban J connectivity index is 2.92. The molecule has 0 unspecified atom stereocenters. The van der Waals surface area contributed by atoms with E-state index in [-0.39, 0.29) is 19.5 Å². The molecule has 0 aliphatic carbocycles. The second-order valence-corrected chi connectivity index (χ2v) is 5.24. The van der Waals surface area contributed by atoms with Gasteiger partial charge in [0, 0.05) is 0 Å². The van der Waals surface area contributed by atoms with E-state index < -0.39 is 4.92 Å². The Morgan fingerprint density at radius 2 is 2.23 bits per heavy atom. The van der Waals surface area contributed by atoms with Crippen LogP contribution in [-0.2, 0) is 0 Å². The molecule has 6 heteroatoms. The third-order valence-electron chi connectivity index (χ3n) is 1.23. The van der Waals surface area contributed by atoms with Crippen molar-refractivity contribution in [3.63, 3.8) is 0 Å². The summed E-state index contributed by atoms with van der Waals surface area (Å²) in [6.07, 6.45) is 0. The van der Waals surface area contributed by atoms with E-state index in [1.807, 2.05) is 4.97 Å². The second-order valence-electron chi connectivity index (χ2n) is 1.98. The number of hydrogen-bond donors (Lipinski definition) is 0. The molecule has 0 saturated heterocycles. The fourth-order valence-corrected chi connectivity index (χ4v) is 2.92. The molecule has 0 fully saturated rings. The molecule has 13 heavy (non-hydrogen) atoms. The zero-order chi connectivity index (χ0) is 9.68. The number of nitrogens with zero attached hydrogens (tertiary/aromatic N) is 2. The maximum atomic E-state index is 10.5. The molecule has 0 saturated carbocycles. The van der Waals surface area contributed by atoms with Gasteiger partial charge in [0.1, 0.15) is 0 Å². The molecule has 0 N–H and O–H groups in total. The summed E-state index contributed by atoms with van der Waals surface area (Å²) in [6, 6.07) is 6.43. The van der Waals surface area contributed by atoms with Gasteiger partial charge in [-0.1, -0.05) is 0 Å². The zero-order valence-corrected chi connectivity index (χ0v) is 8.87. The van der Waals surface area contributed by atoms with Crippen LogP contribution in [0.2, 0.25) is 0 Å². The maximum absolute atomic E-state index is 10.5. The van der Waals surface area contributed by atoms with Crippen LogP contribution in [0.3, 0.4) is 0 Å². The number of benzene rings is 1. The molecular formula is C7H4N2O2SSe. The van der Waals surface area contributed by atoms with Crippen LogP contribution in [0.5, 0.6) is 0 Å². The van der Waals surface area contributed by atoms with Gasteiger partial charge in [-0.15, -0.1) is 0 Å². The van der Waals surface area contributed by atoms with Crippen molar-refractivity contribution in [2.45, 2.75) is 4.90 Å². The summed E-state index contributed by atoms with van der Waals surface area (Å²) in [7, 11) is 1.24. The first kappa shape index (κ1) is 10.1. The van der Waals surface area contributed by atoms with E-state index in [2.05, 4.69) is 0 Å². The van der Waals surface area contributed by atoms with E-state index in [0.29, 0.717) is 4.90 Å². The summed E-state index contributed by atoms with van der Waals surface area (Å²) >= 11 is -0.286. The Morgan fingerprint density at radius 1 is 1.54 bits per heavy atom. The quantitative estimate of drug-likeness (QED) is 0.471. The molecule has 4 nitrogen and oxygen atoms in total. The predicted octanol–water partition coefficient (Wildman–Crippen LogP) is 1.79. The van der Waals surface area contributed by atoms with E-state index in [4.69, 9.17) is 5.26 Å². The summed E-state index contributed by atoms with van der Waals surface area (Å²) < 4.78 is 0. The first-order chi connectivity index (χ1) is 6.25. The Labute approximate surface area is 84.3 Å². The van der Waals surface area contributed by atoms with Crippen LogP contribution in [-0.4, -0.2) is 18.8 Å². The molecule has 1 aromatic rings. The van der Waals surface area contributed by atoms with Crippen LogP contribution >= 0.6 is 10.2 Å². The Hall–Kier alpha value is -1.02. The first-order valence-electron chi connectivity index (χ1n) is 3.21. The van der Waals surface area contributed by atoms with Gasteiger partial charge in [-0.3, -0.25) is 0 Å². The number of rotatable bonds is 3. The number of nitriles is 1. The van der Waals surface area contributed by atoms with Gasteiger partial charge in [0.05, 0.1) is 0 Å².